The van der Waals surface area contributed by atoms with Crippen molar-refractivity contribution in [2.45, 2.75) is 32.7 Å². The van der Waals surface area contributed by atoms with E-state index in [4.69, 9.17) is 0 Å². The largest absolute Gasteiger partial charge is 0.313 e. The highest BCUT2D eigenvalue weighted by Gasteiger charge is 2.09. The Balaban J connectivity index is 1.42. The molecular weight excluding hydrogens is 250 g/mol. The van der Waals surface area contributed by atoms with Crippen LogP contribution in [0.1, 0.15) is 30.5 Å². The zero-order valence-electron chi connectivity index (χ0n) is 12.2. The molecule has 0 unspecified atom stereocenters. The van der Waals surface area contributed by atoms with Gasteiger partial charge in [-0.25, -0.2) is 9.50 Å². The fourth-order valence-electron chi connectivity index (χ4n) is 2.79. The minimum absolute atomic E-state index is 0.863. The molecular formula is C15H23N5. The first-order chi connectivity index (χ1) is 9.81. The molecule has 3 rings (SSSR count). The monoisotopic (exact) mass is 273 g/mol. The summed E-state index contributed by atoms with van der Waals surface area (Å²) in [5, 5.41) is 7.88. The van der Waals surface area contributed by atoms with Gasteiger partial charge in [-0.3, -0.25) is 0 Å². The number of aryl methyl sites for hydroxylation is 1. The summed E-state index contributed by atoms with van der Waals surface area (Å²) in [6, 6.07) is 1.99. The number of fused-ring (bicyclic) bond motifs is 1. The van der Waals surface area contributed by atoms with Crippen molar-refractivity contribution >= 4 is 5.65 Å². The molecule has 2 aromatic heterocycles. The first kappa shape index (κ1) is 13.5. The van der Waals surface area contributed by atoms with E-state index in [1.165, 1.54) is 44.5 Å². The summed E-state index contributed by atoms with van der Waals surface area (Å²) in [5.41, 5.74) is 3.11. The van der Waals surface area contributed by atoms with Gasteiger partial charge in [0.2, 0.25) is 0 Å². The first-order valence-corrected chi connectivity index (χ1v) is 7.55. The molecule has 1 aliphatic rings. The van der Waals surface area contributed by atoms with E-state index in [1.807, 2.05) is 23.7 Å². The van der Waals surface area contributed by atoms with Crippen LogP contribution in [0, 0.1) is 6.92 Å². The molecule has 1 fully saturated rings. The topological polar surface area (TPSA) is 45.5 Å². The second kappa shape index (κ2) is 6.33. The van der Waals surface area contributed by atoms with Gasteiger partial charge in [-0.05, 0) is 52.4 Å². The Hall–Kier alpha value is -1.46. The van der Waals surface area contributed by atoms with Gasteiger partial charge in [-0.1, -0.05) is 0 Å². The number of nitrogens with one attached hydrogen (secondary N) is 1. The molecule has 0 aliphatic carbocycles. The lowest BCUT2D eigenvalue weighted by molar-refractivity contribution is 0.331. The van der Waals surface area contributed by atoms with Crippen molar-refractivity contribution in [2.24, 2.45) is 0 Å². The predicted molar refractivity (Wildman–Crippen MR) is 79.7 cm³/mol. The normalized spacial score (nSPS) is 16.2. The highest BCUT2D eigenvalue weighted by molar-refractivity contribution is 5.38. The zero-order chi connectivity index (χ0) is 13.8. The molecule has 3 heterocycles. The van der Waals surface area contributed by atoms with E-state index in [-0.39, 0.29) is 0 Å². The van der Waals surface area contributed by atoms with Crippen LogP contribution in [0.4, 0.5) is 0 Å². The number of aromatic nitrogens is 3. The van der Waals surface area contributed by atoms with Gasteiger partial charge >= 0.3 is 0 Å². The maximum Gasteiger partial charge on any atom is 0.155 e. The molecule has 0 spiro atoms. The third-order valence-corrected chi connectivity index (χ3v) is 3.84. The minimum Gasteiger partial charge on any atom is -0.313 e. The van der Waals surface area contributed by atoms with Crippen molar-refractivity contribution in [3.05, 3.63) is 29.7 Å². The van der Waals surface area contributed by atoms with E-state index < -0.39 is 0 Å². The Bertz CT molecular complexity index is 556. The van der Waals surface area contributed by atoms with E-state index >= 15 is 0 Å². The maximum atomic E-state index is 4.42. The van der Waals surface area contributed by atoms with Gasteiger partial charge in [0.1, 0.15) is 0 Å². The molecule has 0 amide bonds. The molecule has 5 nitrogen and oxygen atoms in total. The molecule has 20 heavy (non-hydrogen) atoms. The average Bonchev–Trinajstić information content (AvgIpc) is 3.06. The van der Waals surface area contributed by atoms with Crippen LogP contribution in [0.2, 0.25) is 0 Å². The molecule has 1 aliphatic heterocycles. The van der Waals surface area contributed by atoms with Crippen LogP contribution in [-0.2, 0) is 6.54 Å². The van der Waals surface area contributed by atoms with Crippen molar-refractivity contribution in [1.29, 1.82) is 0 Å². The molecule has 0 radical (unpaired) electrons. The van der Waals surface area contributed by atoms with Crippen molar-refractivity contribution in [1.82, 2.24) is 24.8 Å². The van der Waals surface area contributed by atoms with Gasteiger partial charge in [0.05, 0.1) is 5.69 Å². The van der Waals surface area contributed by atoms with Crippen LogP contribution >= 0.6 is 0 Å². The van der Waals surface area contributed by atoms with Gasteiger partial charge in [-0.2, -0.15) is 5.10 Å². The summed E-state index contributed by atoms with van der Waals surface area (Å²) in [5.74, 6) is 0. The second-order valence-electron chi connectivity index (χ2n) is 5.63. The van der Waals surface area contributed by atoms with Crippen LogP contribution in [0.5, 0.6) is 0 Å². The Labute approximate surface area is 120 Å². The standard InChI is InChI=1S/C15H23N5/c1-13-9-15-17-11-14(12-20(15)18-13)10-16-5-4-8-19-6-2-3-7-19/h9,11-12,16H,2-8,10H2,1H3. The summed E-state index contributed by atoms with van der Waals surface area (Å²) >= 11 is 0. The number of hydrogen-bond donors (Lipinski definition) is 1. The van der Waals surface area contributed by atoms with Crippen LogP contribution < -0.4 is 5.32 Å². The van der Waals surface area contributed by atoms with E-state index in [1.54, 1.807) is 0 Å². The van der Waals surface area contributed by atoms with Gasteiger partial charge in [0.15, 0.2) is 5.65 Å². The smallest absolute Gasteiger partial charge is 0.155 e. The van der Waals surface area contributed by atoms with Gasteiger partial charge in [0.25, 0.3) is 0 Å². The summed E-state index contributed by atoms with van der Waals surface area (Å²) in [7, 11) is 0. The first-order valence-electron chi connectivity index (χ1n) is 7.55. The zero-order valence-corrected chi connectivity index (χ0v) is 12.2. The molecule has 0 aromatic carbocycles. The number of nitrogens with zero attached hydrogens (tertiary/aromatic N) is 4. The highest BCUT2D eigenvalue weighted by Crippen LogP contribution is 2.07. The molecule has 0 saturated carbocycles. The Morgan fingerprint density at radius 3 is 3.00 bits per heavy atom. The average molecular weight is 273 g/mol. The number of hydrogen-bond acceptors (Lipinski definition) is 4. The lowest BCUT2D eigenvalue weighted by Gasteiger charge is -2.14. The van der Waals surface area contributed by atoms with Gasteiger partial charge in [0, 0.05) is 30.6 Å². The van der Waals surface area contributed by atoms with Crippen molar-refractivity contribution in [3.63, 3.8) is 0 Å². The lowest BCUT2D eigenvalue weighted by Crippen LogP contribution is -2.24. The van der Waals surface area contributed by atoms with Crippen LogP contribution in [0.3, 0.4) is 0 Å². The maximum absolute atomic E-state index is 4.42. The quantitative estimate of drug-likeness (QED) is 0.812. The van der Waals surface area contributed by atoms with Crippen molar-refractivity contribution in [2.75, 3.05) is 26.2 Å². The SMILES string of the molecule is Cc1cc2ncc(CNCCCN3CCCC3)cn2n1. The van der Waals surface area contributed by atoms with Gasteiger partial charge in [-0.15, -0.1) is 0 Å². The Morgan fingerprint density at radius 1 is 1.30 bits per heavy atom. The number of likely N-dealkylation sites (tertiary alicyclic amines) is 1. The summed E-state index contributed by atoms with van der Waals surface area (Å²) in [6.07, 6.45) is 7.97. The molecule has 1 saturated heterocycles. The molecule has 5 heteroatoms. The molecule has 108 valence electrons. The lowest BCUT2D eigenvalue weighted by atomic mass is 10.3. The molecule has 2 aromatic rings. The van der Waals surface area contributed by atoms with Crippen molar-refractivity contribution in [3.8, 4) is 0 Å². The predicted octanol–water partition coefficient (Wildman–Crippen LogP) is 1.61. The van der Waals surface area contributed by atoms with E-state index in [2.05, 4.69) is 26.5 Å². The van der Waals surface area contributed by atoms with Crippen LogP contribution in [0.15, 0.2) is 18.5 Å². The highest BCUT2D eigenvalue weighted by atomic mass is 15.2. The fraction of sp³-hybridized carbons (Fsp3) is 0.600. The molecule has 0 bridgehead atoms. The van der Waals surface area contributed by atoms with E-state index in [9.17, 15) is 0 Å². The number of rotatable bonds is 6. The molecule has 0 atom stereocenters. The van der Waals surface area contributed by atoms with Crippen molar-refractivity contribution < 1.29 is 0 Å². The van der Waals surface area contributed by atoms with E-state index in [0.29, 0.717) is 0 Å². The van der Waals surface area contributed by atoms with Gasteiger partial charge < -0.3 is 10.2 Å². The Kier molecular flexibility index (Phi) is 4.28. The third kappa shape index (κ3) is 3.35. The summed E-state index contributed by atoms with van der Waals surface area (Å²) < 4.78 is 1.86. The fourth-order valence-corrected chi connectivity index (χ4v) is 2.79. The molecule has 1 N–H and O–H groups in total. The minimum atomic E-state index is 0.863. The Morgan fingerprint density at radius 2 is 2.15 bits per heavy atom. The third-order valence-electron chi connectivity index (χ3n) is 3.84. The summed E-state index contributed by atoms with van der Waals surface area (Å²) in [4.78, 5) is 6.97. The second-order valence-corrected chi connectivity index (χ2v) is 5.63. The summed E-state index contributed by atoms with van der Waals surface area (Å²) in [6.45, 7) is 7.72. The van der Waals surface area contributed by atoms with Crippen LogP contribution in [-0.4, -0.2) is 45.7 Å². The van der Waals surface area contributed by atoms with E-state index in [0.717, 1.165) is 24.4 Å². The van der Waals surface area contributed by atoms with Crippen LogP contribution in [0.25, 0.3) is 5.65 Å².